The van der Waals surface area contributed by atoms with E-state index in [0.717, 1.165) is 28.2 Å². The molecular formula is C30H42N6O9S. The molecule has 0 heterocycles. The number of carbonyl (C=O) groups is 3. The minimum absolute atomic E-state index is 0.0230. The molecule has 2 rings (SSSR count). The fraction of sp³-hybridized carbons (Fsp3) is 0.467. The van der Waals surface area contributed by atoms with Gasteiger partial charge in [-0.15, -0.1) is 15.2 Å². The number of nitrogens with two attached hydrogens (primary N) is 2. The van der Waals surface area contributed by atoms with Crippen LogP contribution in [0.4, 0.5) is 4.79 Å². The number of hydrazine groups is 1. The average molecular weight is 663 g/mol. The van der Waals surface area contributed by atoms with E-state index in [0.29, 0.717) is 23.5 Å². The number of rotatable bonds is 20. The van der Waals surface area contributed by atoms with Crippen LogP contribution in [0.1, 0.15) is 51.2 Å². The van der Waals surface area contributed by atoms with E-state index in [1.807, 2.05) is 43.3 Å². The Morgan fingerprint density at radius 2 is 1.74 bits per heavy atom. The third-order valence-electron chi connectivity index (χ3n) is 6.53. The highest BCUT2D eigenvalue weighted by Crippen LogP contribution is 2.25. The lowest BCUT2D eigenvalue weighted by Crippen LogP contribution is -2.47. The van der Waals surface area contributed by atoms with Crippen molar-refractivity contribution in [1.29, 1.82) is 0 Å². The van der Waals surface area contributed by atoms with Gasteiger partial charge in [-0.05, 0) is 29.0 Å². The molecule has 0 aromatic heterocycles. The Labute approximate surface area is 271 Å². The van der Waals surface area contributed by atoms with Crippen molar-refractivity contribution < 1.29 is 38.9 Å². The third kappa shape index (κ3) is 12.8. The van der Waals surface area contributed by atoms with Crippen LogP contribution in [0.5, 0.6) is 0 Å². The summed E-state index contributed by atoms with van der Waals surface area (Å²) in [6.07, 6.45) is 0.823. The van der Waals surface area contributed by atoms with Crippen LogP contribution < -0.4 is 11.6 Å². The van der Waals surface area contributed by atoms with Crippen molar-refractivity contribution in [2.45, 2.75) is 52.6 Å². The molecule has 0 radical (unpaired) electrons. The third-order valence-corrected chi connectivity index (χ3v) is 7.44. The molecule has 1 amide bonds. The van der Waals surface area contributed by atoms with Crippen molar-refractivity contribution in [2.75, 3.05) is 31.5 Å². The molecule has 2 aromatic carbocycles. The Morgan fingerprint density at radius 3 is 2.37 bits per heavy atom. The number of carboxylic acids is 1. The summed E-state index contributed by atoms with van der Waals surface area (Å²) in [5.41, 5.74) is 9.14. The molecule has 15 nitrogen and oxygen atoms in total. The van der Waals surface area contributed by atoms with Gasteiger partial charge in [-0.25, -0.2) is 15.4 Å². The number of nitrogens with zero attached hydrogens (tertiary/aromatic N) is 4. The number of aliphatic carboxylic acids is 1. The quantitative estimate of drug-likeness (QED) is 0.0269. The average Bonchev–Trinajstić information content (AvgIpc) is 3.01. The first-order valence-corrected chi connectivity index (χ1v) is 15.8. The van der Waals surface area contributed by atoms with Crippen LogP contribution in [-0.4, -0.2) is 81.6 Å². The molecule has 252 valence electrons. The van der Waals surface area contributed by atoms with Gasteiger partial charge in [-0.3, -0.25) is 4.79 Å². The van der Waals surface area contributed by atoms with Crippen molar-refractivity contribution in [3.8, 4) is 11.1 Å². The molecule has 16 heteroatoms. The number of unbranched alkanes of at least 4 members (excludes halogenated alkanes) is 1. The predicted molar refractivity (Wildman–Crippen MR) is 173 cm³/mol. The molecule has 0 aliphatic heterocycles. The van der Waals surface area contributed by atoms with Gasteiger partial charge in [0, 0.05) is 30.0 Å². The highest BCUT2D eigenvalue weighted by atomic mass is 32.2. The van der Waals surface area contributed by atoms with Crippen molar-refractivity contribution in [2.24, 2.45) is 22.6 Å². The first-order valence-electron chi connectivity index (χ1n) is 14.7. The lowest BCUT2D eigenvalue weighted by Gasteiger charge is -2.32. The van der Waals surface area contributed by atoms with Crippen LogP contribution >= 0.6 is 11.8 Å². The monoisotopic (exact) mass is 662 g/mol. The molecule has 0 fully saturated rings. The maximum atomic E-state index is 13.0. The number of ether oxygens (including phenoxy) is 2. The maximum Gasteiger partial charge on any atom is 0.510 e. The first-order chi connectivity index (χ1) is 21.9. The van der Waals surface area contributed by atoms with Gasteiger partial charge in [-0.1, -0.05) is 75.7 Å². The van der Waals surface area contributed by atoms with E-state index in [9.17, 15) is 29.6 Å². The molecule has 5 N–H and O–H groups in total. The molecule has 46 heavy (non-hydrogen) atoms. The number of hydrogen-bond acceptors (Lipinski definition) is 12. The zero-order valence-corrected chi connectivity index (χ0v) is 27.0. The summed E-state index contributed by atoms with van der Waals surface area (Å²) >= 11 is 1.30. The molecular weight excluding hydrogens is 620 g/mol. The van der Waals surface area contributed by atoms with Crippen molar-refractivity contribution in [3.63, 3.8) is 0 Å². The minimum Gasteiger partial charge on any atom is -0.480 e. The Kier molecular flexibility index (Phi) is 16.1. The van der Waals surface area contributed by atoms with Gasteiger partial charge in [0.25, 0.3) is 5.09 Å². The van der Waals surface area contributed by atoms with Gasteiger partial charge in [0.2, 0.25) is 5.91 Å². The Balaban J connectivity index is 2.05. The molecule has 2 aromatic rings. The van der Waals surface area contributed by atoms with Crippen LogP contribution in [0.25, 0.3) is 11.1 Å². The molecule has 1 atom stereocenters. The van der Waals surface area contributed by atoms with E-state index < -0.39 is 30.0 Å². The van der Waals surface area contributed by atoms with Crippen LogP contribution in [0, 0.1) is 16.0 Å². The number of amides is 1. The normalized spacial score (nSPS) is 11.9. The van der Waals surface area contributed by atoms with Crippen LogP contribution in [0.2, 0.25) is 0 Å². The molecule has 0 spiro atoms. The molecule has 0 saturated heterocycles. The van der Waals surface area contributed by atoms with Gasteiger partial charge in [0.15, 0.2) is 12.6 Å². The van der Waals surface area contributed by atoms with Gasteiger partial charge in [0.1, 0.15) is 19.3 Å². The van der Waals surface area contributed by atoms with Crippen LogP contribution in [0.15, 0.2) is 53.6 Å². The Hall–Kier alpha value is -4.57. The largest absolute Gasteiger partial charge is 0.510 e. The number of carbonyl (C=O) groups excluding carboxylic acids is 2. The first kappa shape index (κ1) is 37.6. The summed E-state index contributed by atoms with van der Waals surface area (Å²) in [5.74, 6) is 5.17. The standard InChI is InChI=1S/C30H42N6O9S/c1-4-5-10-26(37)34(27(21(2)3)29(38)39)19-22-11-13-23(14-12-22)24-8-6-7-9-25(24)28(31)33-35(32)20-44-30(40)43-15-17-46-18-16-45-36(41)42/h6-9,11-14,21,27H,4-5,10,15-20,32H2,1-3H3,(H2,31,33)(H,38,39). The second kappa shape index (κ2) is 19.7. The van der Waals surface area contributed by atoms with Crippen molar-refractivity contribution >= 4 is 35.6 Å². The fourth-order valence-corrected chi connectivity index (χ4v) is 4.97. The van der Waals surface area contributed by atoms with E-state index >= 15 is 0 Å². The zero-order chi connectivity index (χ0) is 34.1. The summed E-state index contributed by atoms with van der Waals surface area (Å²) in [5, 5.41) is 24.0. The van der Waals surface area contributed by atoms with Gasteiger partial charge in [0.05, 0.1) is 0 Å². The van der Waals surface area contributed by atoms with Gasteiger partial charge in [-0.2, -0.15) is 16.9 Å². The van der Waals surface area contributed by atoms with E-state index in [4.69, 9.17) is 21.1 Å². The lowest BCUT2D eigenvalue weighted by atomic mass is 9.97. The van der Waals surface area contributed by atoms with Crippen LogP contribution in [0.3, 0.4) is 0 Å². The van der Waals surface area contributed by atoms with Crippen molar-refractivity contribution in [3.05, 3.63) is 69.8 Å². The highest BCUT2D eigenvalue weighted by Gasteiger charge is 2.32. The lowest BCUT2D eigenvalue weighted by molar-refractivity contribution is -0.756. The fourth-order valence-electron chi connectivity index (χ4n) is 4.37. The van der Waals surface area contributed by atoms with E-state index in [1.165, 1.54) is 16.7 Å². The molecule has 0 bridgehead atoms. The number of carboxylic acid groups (broad SMARTS) is 1. The Bertz CT molecular complexity index is 1330. The number of hydrazone groups is 1. The summed E-state index contributed by atoms with van der Waals surface area (Å²) in [4.78, 5) is 52.6. The SMILES string of the molecule is CCCCC(=O)N(Cc1ccc(-c2ccccc2/C(N)=N/N(N)COC(=O)OCCSCCO[N+](=O)[O-])cc1)C(C(=O)O)C(C)C. The second-order valence-corrected chi connectivity index (χ2v) is 11.6. The molecule has 0 aliphatic rings. The van der Waals surface area contributed by atoms with Gasteiger partial charge >= 0.3 is 12.1 Å². The number of hydrogen-bond donors (Lipinski definition) is 3. The zero-order valence-electron chi connectivity index (χ0n) is 26.2. The number of benzene rings is 2. The Morgan fingerprint density at radius 1 is 1.07 bits per heavy atom. The van der Waals surface area contributed by atoms with Gasteiger partial charge < -0.3 is 30.1 Å². The molecule has 0 saturated carbocycles. The second-order valence-electron chi connectivity index (χ2n) is 10.4. The number of thioether (sulfide) groups is 1. The predicted octanol–water partition coefficient (Wildman–Crippen LogP) is 3.83. The summed E-state index contributed by atoms with van der Waals surface area (Å²) in [7, 11) is 0. The molecule has 1 unspecified atom stereocenters. The summed E-state index contributed by atoms with van der Waals surface area (Å²) < 4.78 is 9.85. The topological polar surface area (TPSA) is 213 Å². The molecule has 0 aliphatic carbocycles. The highest BCUT2D eigenvalue weighted by molar-refractivity contribution is 7.99. The van der Waals surface area contributed by atoms with E-state index in [2.05, 4.69) is 9.94 Å². The van der Waals surface area contributed by atoms with E-state index in [-0.39, 0.29) is 43.8 Å². The minimum atomic E-state index is -1.04. The summed E-state index contributed by atoms with van der Waals surface area (Å²) in [6, 6.07) is 13.7. The maximum absolute atomic E-state index is 13.0. The van der Waals surface area contributed by atoms with Crippen LogP contribution in [-0.2, 0) is 30.4 Å². The summed E-state index contributed by atoms with van der Waals surface area (Å²) in [6.45, 7) is 5.23. The number of amidine groups is 1. The smallest absolute Gasteiger partial charge is 0.480 e. The van der Waals surface area contributed by atoms with Crippen molar-refractivity contribution in [1.82, 2.24) is 10.0 Å². The van der Waals surface area contributed by atoms with E-state index in [1.54, 1.807) is 26.0 Å².